The third-order valence-electron chi connectivity index (χ3n) is 3.85. The molecule has 1 amide bonds. The van der Waals surface area contributed by atoms with Crippen molar-refractivity contribution in [1.29, 1.82) is 0 Å². The average molecular weight is 395 g/mol. The molecule has 0 fully saturated rings. The molecule has 0 heterocycles. The van der Waals surface area contributed by atoms with E-state index in [2.05, 4.69) is 10.1 Å². The van der Waals surface area contributed by atoms with Crippen molar-refractivity contribution >= 4 is 17.6 Å². The van der Waals surface area contributed by atoms with Gasteiger partial charge in [0.05, 0.1) is 5.56 Å². The molecule has 0 bridgehead atoms. The summed E-state index contributed by atoms with van der Waals surface area (Å²) in [5, 5.41) is 2.74. The van der Waals surface area contributed by atoms with Crippen LogP contribution in [0.2, 0.25) is 0 Å². The fraction of sp³-hybridized carbons (Fsp3) is 0.300. The minimum atomic E-state index is -4.81. The topological polar surface area (TPSA) is 64.6 Å². The number of carbonyl (C=O) groups is 2. The van der Waals surface area contributed by atoms with Crippen LogP contribution in [-0.4, -0.2) is 24.8 Å². The highest BCUT2D eigenvalue weighted by atomic mass is 19.4. The van der Waals surface area contributed by atoms with E-state index in [1.807, 2.05) is 39.0 Å². The third kappa shape index (κ3) is 6.00. The molecule has 0 spiro atoms. The zero-order valence-corrected chi connectivity index (χ0v) is 15.6. The van der Waals surface area contributed by atoms with Crippen molar-refractivity contribution in [2.24, 2.45) is 0 Å². The van der Waals surface area contributed by atoms with Gasteiger partial charge in [-0.3, -0.25) is 4.79 Å². The van der Waals surface area contributed by atoms with Gasteiger partial charge >= 0.3 is 12.3 Å². The Bertz CT molecular complexity index is 846. The molecule has 1 N–H and O–H groups in total. The fourth-order valence-corrected chi connectivity index (χ4v) is 2.52. The van der Waals surface area contributed by atoms with Crippen LogP contribution in [0.5, 0.6) is 5.75 Å². The lowest BCUT2D eigenvalue weighted by Crippen LogP contribution is -2.22. The number of anilines is 1. The number of hydrogen-bond donors (Lipinski definition) is 1. The lowest BCUT2D eigenvalue weighted by Gasteiger charge is -2.16. The molecule has 150 valence electrons. The van der Waals surface area contributed by atoms with Crippen molar-refractivity contribution in [3.05, 3.63) is 59.2 Å². The second-order valence-electron chi connectivity index (χ2n) is 6.39. The van der Waals surface area contributed by atoms with Crippen LogP contribution in [0.1, 0.15) is 41.3 Å². The Hall–Kier alpha value is -3.03. The molecule has 2 rings (SSSR count). The molecule has 2 aromatic carbocycles. The first kappa shape index (κ1) is 21.3. The standard InChI is InChI=1S/C20H20F3NO4/c1-12(2)16-6-4-5-13(3)18(16)24-17(25)11-27-19(26)14-7-9-15(10-8-14)28-20(21,22)23/h4-10,12H,11H2,1-3H3,(H,24,25). The Labute approximate surface area is 160 Å². The number of benzene rings is 2. The van der Waals surface area contributed by atoms with E-state index < -0.39 is 30.6 Å². The predicted molar refractivity (Wildman–Crippen MR) is 97.3 cm³/mol. The van der Waals surface area contributed by atoms with Gasteiger partial charge < -0.3 is 14.8 Å². The number of rotatable bonds is 6. The van der Waals surface area contributed by atoms with Gasteiger partial charge in [-0.05, 0) is 48.2 Å². The van der Waals surface area contributed by atoms with E-state index in [1.54, 1.807) is 0 Å². The maximum atomic E-state index is 12.2. The van der Waals surface area contributed by atoms with Crippen LogP contribution in [0.15, 0.2) is 42.5 Å². The summed E-state index contributed by atoms with van der Waals surface area (Å²) in [6.07, 6.45) is -4.81. The van der Waals surface area contributed by atoms with Crippen LogP contribution in [0.25, 0.3) is 0 Å². The van der Waals surface area contributed by atoms with Crippen molar-refractivity contribution < 1.29 is 32.2 Å². The Morgan fingerprint density at radius 1 is 1.07 bits per heavy atom. The average Bonchev–Trinajstić information content (AvgIpc) is 2.60. The molecule has 0 aliphatic carbocycles. The van der Waals surface area contributed by atoms with Gasteiger partial charge in [-0.2, -0.15) is 0 Å². The number of alkyl halides is 3. The number of nitrogens with one attached hydrogen (secondary N) is 1. The van der Waals surface area contributed by atoms with E-state index in [0.29, 0.717) is 5.69 Å². The van der Waals surface area contributed by atoms with Gasteiger partial charge in [0.1, 0.15) is 5.75 Å². The van der Waals surface area contributed by atoms with Crippen molar-refractivity contribution in [3.8, 4) is 5.75 Å². The molecule has 0 aromatic heterocycles. The summed E-state index contributed by atoms with van der Waals surface area (Å²) in [5.74, 6) is -1.61. The number of hydrogen-bond acceptors (Lipinski definition) is 4. The Kier molecular flexibility index (Phi) is 6.66. The zero-order valence-electron chi connectivity index (χ0n) is 15.6. The molecule has 8 heteroatoms. The summed E-state index contributed by atoms with van der Waals surface area (Å²) >= 11 is 0. The number of carbonyl (C=O) groups excluding carboxylic acids is 2. The second kappa shape index (κ2) is 8.77. The molecule has 5 nitrogen and oxygen atoms in total. The normalized spacial score (nSPS) is 11.2. The van der Waals surface area contributed by atoms with Gasteiger partial charge in [-0.15, -0.1) is 13.2 Å². The van der Waals surface area contributed by atoms with Crippen LogP contribution in [0, 0.1) is 6.92 Å². The van der Waals surface area contributed by atoms with Crippen LogP contribution >= 0.6 is 0 Å². The lowest BCUT2D eigenvalue weighted by atomic mass is 9.98. The summed E-state index contributed by atoms with van der Waals surface area (Å²) in [4.78, 5) is 24.1. The first-order valence-electron chi connectivity index (χ1n) is 8.49. The first-order chi connectivity index (χ1) is 13.1. The number of amides is 1. The number of ether oxygens (including phenoxy) is 2. The highest BCUT2D eigenvalue weighted by Gasteiger charge is 2.31. The molecule has 0 aliphatic rings. The number of para-hydroxylation sites is 1. The predicted octanol–water partition coefficient (Wildman–Crippen LogP) is 4.81. The minimum absolute atomic E-state index is 0.00101. The van der Waals surface area contributed by atoms with Gasteiger partial charge in [0.2, 0.25) is 0 Å². The van der Waals surface area contributed by atoms with E-state index in [-0.39, 0.29) is 11.5 Å². The van der Waals surface area contributed by atoms with Crippen LogP contribution in [-0.2, 0) is 9.53 Å². The summed E-state index contributed by atoms with van der Waals surface area (Å²) in [7, 11) is 0. The van der Waals surface area contributed by atoms with Gasteiger partial charge in [-0.25, -0.2) is 4.79 Å². The smallest absolute Gasteiger partial charge is 0.452 e. The van der Waals surface area contributed by atoms with E-state index >= 15 is 0 Å². The summed E-state index contributed by atoms with van der Waals surface area (Å²) in [6, 6.07) is 9.90. The molecule has 0 saturated heterocycles. The number of halogens is 3. The number of aryl methyl sites for hydroxylation is 1. The van der Waals surface area contributed by atoms with Crippen molar-refractivity contribution in [2.45, 2.75) is 33.1 Å². The molecule has 0 atom stereocenters. The van der Waals surface area contributed by atoms with Crippen molar-refractivity contribution in [3.63, 3.8) is 0 Å². The largest absolute Gasteiger partial charge is 0.573 e. The second-order valence-corrected chi connectivity index (χ2v) is 6.39. The van der Waals surface area contributed by atoms with E-state index in [1.165, 1.54) is 0 Å². The van der Waals surface area contributed by atoms with Gasteiger partial charge in [0.15, 0.2) is 6.61 Å². The molecule has 0 saturated carbocycles. The molecule has 0 radical (unpaired) electrons. The molecule has 0 aliphatic heterocycles. The van der Waals surface area contributed by atoms with Crippen molar-refractivity contribution in [1.82, 2.24) is 0 Å². The summed E-state index contributed by atoms with van der Waals surface area (Å²) in [5.41, 5.74) is 2.51. The Balaban J connectivity index is 1.95. The third-order valence-corrected chi connectivity index (χ3v) is 3.85. The van der Waals surface area contributed by atoms with Crippen LogP contribution in [0.4, 0.5) is 18.9 Å². The maximum Gasteiger partial charge on any atom is 0.573 e. The molecular weight excluding hydrogens is 375 g/mol. The Morgan fingerprint density at radius 2 is 1.71 bits per heavy atom. The van der Waals surface area contributed by atoms with Gasteiger partial charge in [0, 0.05) is 5.69 Å². The quantitative estimate of drug-likeness (QED) is 0.713. The minimum Gasteiger partial charge on any atom is -0.452 e. The van der Waals surface area contributed by atoms with Crippen LogP contribution in [0.3, 0.4) is 0 Å². The molecule has 2 aromatic rings. The monoisotopic (exact) mass is 395 g/mol. The van der Waals surface area contributed by atoms with E-state index in [9.17, 15) is 22.8 Å². The first-order valence-corrected chi connectivity index (χ1v) is 8.49. The zero-order chi connectivity index (χ0) is 20.9. The summed E-state index contributed by atoms with van der Waals surface area (Å²) < 4.78 is 45.1. The van der Waals surface area contributed by atoms with Crippen molar-refractivity contribution in [2.75, 3.05) is 11.9 Å². The summed E-state index contributed by atoms with van der Waals surface area (Å²) in [6.45, 7) is 5.33. The van der Waals surface area contributed by atoms with Gasteiger partial charge in [-0.1, -0.05) is 32.0 Å². The number of esters is 1. The highest BCUT2D eigenvalue weighted by Crippen LogP contribution is 2.27. The van der Waals surface area contributed by atoms with E-state index in [4.69, 9.17) is 4.74 Å². The van der Waals surface area contributed by atoms with E-state index in [0.717, 1.165) is 35.4 Å². The maximum absolute atomic E-state index is 12.2. The lowest BCUT2D eigenvalue weighted by molar-refractivity contribution is -0.274. The fourth-order valence-electron chi connectivity index (χ4n) is 2.52. The molecular formula is C20H20F3NO4. The molecule has 28 heavy (non-hydrogen) atoms. The Morgan fingerprint density at radius 3 is 2.29 bits per heavy atom. The molecule has 0 unspecified atom stereocenters. The van der Waals surface area contributed by atoms with Gasteiger partial charge in [0.25, 0.3) is 5.91 Å². The SMILES string of the molecule is Cc1cccc(C(C)C)c1NC(=O)COC(=O)c1ccc(OC(F)(F)F)cc1. The van der Waals surface area contributed by atoms with Crippen LogP contribution < -0.4 is 10.1 Å². The highest BCUT2D eigenvalue weighted by molar-refractivity contribution is 5.96.